The second-order valence-electron chi connectivity index (χ2n) is 7.28. The minimum Gasteiger partial charge on any atom is -0.480 e. The van der Waals surface area contributed by atoms with Gasteiger partial charge in [0.05, 0.1) is 26.0 Å². The minimum absolute atomic E-state index is 0.0198. The van der Waals surface area contributed by atoms with Crippen LogP contribution >= 0.6 is 0 Å². The number of aliphatic imine (C=N–C) groups is 1. The summed E-state index contributed by atoms with van der Waals surface area (Å²) in [7, 11) is 1.42. The highest BCUT2D eigenvalue weighted by Gasteiger charge is 2.36. The fourth-order valence-electron chi connectivity index (χ4n) is 3.42. The molecule has 1 unspecified atom stereocenters. The molecule has 0 aliphatic carbocycles. The minimum atomic E-state index is -2.77. The molecule has 1 aromatic carbocycles. The summed E-state index contributed by atoms with van der Waals surface area (Å²) in [5.74, 6) is -0.957. The highest BCUT2D eigenvalue weighted by atomic mass is 19.3. The highest BCUT2D eigenvalue weighted by molar-refractivity contribution is 6.02. The van der Waals surface area contributed by atoms with E-state index >= 15 is 0 Å². The van der Waals surface area contributed by atoms with Crippen LogP contribution in [0.2, 0.25) is 0 Å². The normalized spacial score (nSPS) is 17.6. The molecule has 0 saturated carbocycles. The zero-order valence-electron chi connectivity index (χ0n) is 17.0. The lowest BCUT2D eigenvalue weighted by Crippen LogP contribution is -2.38. The smallest absolute Gasteiger partial charge is 0.282 e. The van der Waals surface area contributed by atoms with E-state index in [4.69, 9.17) is 10.5 Å². The number of alkyl halides is 2. The summed E-state index contributed by atoms with van der Waals surface area (Å²) in [4.78, 5) is 24.7. The number of hydrogen-bond donors (Lipinski definition) is 2. The van der Waals surface area contributed by atoms with Crippen molar-refractivity contribution >= 4 is 17.4 Å². The zero-order chi connectivity index (χ0) is 23.0. The molecule has 0 fully saturated rings. The number of ether oxygens (including phenoxy) is 1. The average Bonchev–Trinajstić information content (AvgIpc) is 3.19. The molecule has 12 heteroatoms. The van der Waals surface area contributed by atoms with Crippen LogP contribution in [0.4, 0.5) is 18.9 Å². The lowest BCUT2D eigenvalue weighted by Gasteiger charge is -2.31. The molecule has 0 bridgehead atoms. The molecule has 0 radical (unpaired) electrons. The lowest BCUT2D eigenvalue weighted by atomic mass is 9.90. The van der Waals surface area contributed by atoms with Crippen LogP contribution in [0.3, 0.4) is 0 Å². The maximum Gasteiger partial charge on any atom is 0.282 e. The number of rotatable bonds is 5. The number of nitrogens with zero attached hydrogens (tertiary/aromatic N) is 5. The van der Waals surface area contributed by atoms with Crippen molar-refractivity contribution in [3.63, 3.8) is 0 Å². The van der Waals surface area contributed by atoms with E-state index in [1.807, 2.05) is 0 Å². The first-order valence-electron chi connectivity index (χ1n) is 9.39. The van der Waals surface area contributed by atoms with E-state index in [0.717, 1.165) is 6.07 Å². The maximum atomic E-state index is 14.8. The van der Waals surface area contributed by atoms with Gasteiger partial charge in [0.2, 0.25) is 5.88 Å². The SMILES string of the molecule is COc1cnc(C(=O)Nc2ccc(F)c(C3(C)Cn4nc(C(F)F)cc4C(N)=N3)c2)cn1. The van der Waals surface area contributed by atoms with E-state index in [9.17, 15) is 18.0 Å². The Kier molecular flexibility index (Phi) is 5.28. The molecular formula is C20H18F3N7O2. The quantitative estimate of drug-likeness (QED) is 0.623. The van der Waals surface area contributed by atoms with Crippen molar-refractivity contribution in [1.29, 1.82) is 0 Å². The van der Waals surface area contributed by atoms with Crippen LogP contribution in [0.1, 0.15) is 40.8 Å². The van der Waals surface area contributed by atoms with Crippen LogP contribution in [-0.2, 0) is 12.1 Å². The van der Waals surface area contributed by atoms with E-state index in [-0.39, 0.29) is 40.9 Å². The number of carbonyl (C=O) groups is 1. The van der Waals surface area contributed by atoms with Crippen LogP contribution in [0.25, 0.3) is 0 Å². The number of amides is 1. The van der Waals surface area contributed by atoms with E-state index in [0.29, 0.717) is 0 Å². The zero-order valence-corrected chi connectivity index (χ0v) is 17.0. The standard InChI is InChI=1S/C20H18F3N7O2/c1-20(9-30-15(18(24)28-20)6-13(29-30)17(22)23)11-5-10(3-4-12(11)21)27-19(31)14-7-26-16(32-2)8-25-14/h3-8,17H,9H2,1-2H3,(H2,24,28)(H,27,31). The molecule has 32 heavy (non-hydrogen) atoms. The second kappa shape index (κ2) is 7.94. The van der Waals surface area contributed by atoms with Gasteiger partial charge in [-0.25, -0.2) is 23.1 Å². The molecule has 1 amide bonds. The van der Waals surface area contributed by atoms with Gasteiger partial charge in [-0.1, -0.05) is 0 Å². The summed E-state index contributed by atoms with van der Waals surface area (Å²) in [5, 5.41) is 6.48. The molecule has 166 valence electrons. The molecule has 3 heterocycles. The van der Waals surface area contributed by atoms with Gasteiger partial charge in [0.25, 0.3) is 12.3 Å². The van der Waals surface area contributed by atoms with Gasteiger partial charge >= 0.3 is 0 Å². The monoisotopic (exact) mass is 445 g/mol. The molecule has 3 aromatic rings. The molecule has 4 rings (SSSR count). The van der Waals surface area contributed by atoms with Gasteiger partial charge < -0.3 is 15.8 Å². The fourth-order valence-corrected chi connectivity index (χ4v) is 3.42. The molecule has 9 nitrogen and oxygen atoms in total. The van der Waals surface area contributed by atoms with Crippen molar-refractivity contribution in [3.8, 4) is 5.88 Å². The predicted octanol–water partition coefficient (Wildman–Crippen LogP) is 2.65. The largest absolute Gasteiger partial charge is 0.480 e. The molecule has 2 aromatic heterocycles. The number of methoxy groups -OCH3 is 1. The van der Waals surface area contributed by atoms with Crippen molar-refractivity contribution < 1.29 is 22.7 Å². The molecule has 0 saturated heterocycles. The number of nitrogens with two attached hydrogens (primary N) is 1. The van der Waals surface area contributed by atoms with Crippen molar-refractivity contribution in [3.05, 3.63) is 65.1 Å². The third kappa shape index (κ3) is 3.86. The Labute approximate surface area is 180 Å². The van der Waals surface area contributed by atoms with Gasteiger partial charge in [0.1, 0.15) is 34.3 Å². The number of nitrogens with one attached hydrogen (secondary N) is 1. The van der Waals surface area contributed by atoms with Gasteiger partial charge in [-0.05, 0) is 31.2 Å². The van der Waals surface area contributed by atoms with E-state index in [1.54, 1.807) is 6.92 Å². The number of carbonyl (C=O) groups excluding carboxylic acids is 1. The number of benzene rings is 1. The van der Waals surface area contributed by atoms with Crippen molar-refractivity contribution in [2.45, 2.75) is 25.4 Å². The number of fused-ring (bicyclic) bond motifs is 1. The summed E-state index contributed by atoms with van der Waals surface area (Å²) >= 11 is 0. The molecule has 0 spiro atoms. The summed E-state index contributed by atoms with van der Waals surface area (Å²) in [5.41, 5.74) is 4.94. The Hall–Kier alpha value is -3.96. The summed E-state index contributed by atoms with van der Waals surface area (Å²) in [6.45, 7) is 1.58. The average molecular weight is 445 g/mol. The highest BCUT2D eigenvalue weighted by Crippen LogP contribution is 2.35. The van der Waals surface area contributed by atoms with Gasteiger partial charge in [0, 0.05) is 11.3 Å². The predicted molar refractivity (Wildman–Crippen MR) is 108 cm³/mol. The van der Waals surface area contributed by atoms with Gasteiger partial charge in [-0.2, -0.15) is 5.10 Å². The maximum absolute atomic E-state index is 14.8. The number of hydrogen-bond acceptors (Lipinski definition) is 7. The first kappa shape index (κ1) is 21.3. The van der Waals surface area contributed by atoms with E-state index in [2.05, 4.69) is 25.4 Å². The van der Waals surface area contributed by atoms with Crippen molar-refractivity contribution in [2.75, 3.05) is 12.4 Å². The van der Waals surface area contributed by atoms with Crippen LogP contribution < -0.4 is 15.8 Å². The van der Waals surface area contributed by atoms with Crippen LogP contribution in [0.5, 0.6) is 5.88 Å². The Morgan fingerprint density at radius 3 is 2.72 bits per heavy atom. The summed E-state index contributed by atoms with van der Waals surface area (Å²) in [6.07, 6.45) is -0.240. The first-order chi connectivity index (χ1) is 15.2. The van der Waals surface area contributed by atoms with Crippen LogP contribution in [-0.4, -0.2) is 38.6 Å². The third-order valence-corrected chi connectivity index (χ3v) is 4.98. The lowest BCUT2D eigenvalue weighted by molar-refractivity contribution is 0.102. The molecule has 3 N–H and O–H groups in total. The van der Waals surface area contributed by atoms with Crippen LogP contribution in [0.15, 0.2) is 41.7 Å². The molecule has 1 aliphatic heterocycles. The molecule has 1 aliphatic rings. The number of halogens is 3. The van der Waals surface area contributed by atoms with E-state index in [1.165, 1.54) is 42.4 Å². The number of anilines is 1. The Bertz CT molecular complexity index is 1210. The molecule has 1 atom stereocenters. The van der Waals surface area contributed by atoms with Gasteiger partial charge in [-0.3, -0.25) is 14.5 Å². The number of aromatic nitrogens is 4. The second-order valence-corrected chi connectivity index (χ2v) is 7.28. The summed E-state index contributed by atoms with van der Waals surface area (Å²) in [6, 6.07) is 5.11. The van der Waals surface area contributed by atoms with Gasteiger partial charge in [-0.15, -0.1) is 0 Å². The van der Waals surface area contributed by atoms with Crippen LogP contribution in [0, 0.1) is 5.82 Å². The summed E-state index contributed by atoms with van der Waals surface area (Å²) < 4.78 is 47.0. The van der Waals surface area contributed by atoms with Gasteiger partial charge in [0.15, 0.2) is 0 Å². The first-order valence-corrected chi connectivity index (χ1v) is 9.39. The topological polar surface area (TPSA) is 120 Å². The van der Waals surface area contributed by atoms with E-state index < -0.39 is 29.4 Å². The van der Waals surface area contributed by atoms with Crippen molar-refractivity contribution in [1.82, 2.24) is 19.7 Å². The third-order valence-electron chi connectivity index (χ3n) is 4.98. The number of amidine groups is 1. The molecular weight excluding hydrogens is 427 g/mol. The van der Waals surface area contributed by atoms with Crippen molar-refractivity contribution in [2.24, 2.45) is 10.7 Å². The Balaban J connectivity index is 1.63. The Morgan fingerprint density at radius 1 is 1.28 bits per heavy atom. The Morgan fingerprint density at radius 2 is 2.06 bits per heavy atom. The fraction of sp³-hybridized carbons (Fsp3) is 0.250.